The van der Waals surface area contributed by atoms with Crippen molar-refractivity contribution in [1.29, 1.82) is 10.5 Å². The van der Waals surface area contributed by atoms with E-state index in [1.54, 1.807) is 0 Å². The van der Waals surface area contributed by atoms with E-state index in [0.29, 0.717) is 71.5 Å². The van der Waals surface area contributed by atoms with Crippen LogP contribution in [0.25, 0.3) is 0 Å². The van der Waals surface area contributed by atoms with Gasteiger partial charge in [-0.05, 0) is 39.7 Å². The number of rotatable bonds is 6. The highest BCUT2D eigenvalue weighted by atomic mass is 32.2. The third-order valence-corrected chi connectivity index (χ3v) is 12.1. The van der Waals surface area contributed by atoms with E-state index in [2.05, 4.69) is 35.8 Å². The van der Waals surface area contributed by atoms with E-state index in [-0.39, 0.29) is 16.8 Å². The fourth-order valence-electron chi connectivity index (χ4n) is 6.76. The number of nitriles is 2. The van der Waals surface area contributed by atoms with E-state index in [1.165, 1.54) is 31.3 Å². The quantitative estimate of drug-likeness (QED) is 0.390. The van der Waals surface area contributed by atoms with Crippen LogP contribution < -0.4 is 26.0 Å². The molecule has 4 N–H and O–H groups in total. The van der Waals surface area contributed by atoms with E-state index >= 15 is 0 Å². The van der Waals surface area contributed by atoms with Gasteiger partial charge >= 0.3 is 6.01 Å². The first-order valence-corrected chi connectivity index (χ1v) is 17.1. The fraction of sp³-hybridized carbons (Fsp3) is 0.571. The molecular formula is C28H34FN11OS3. The molecule has 0 bridgehead atoms. The first-order chi connectivity index (χ1) is 21.2. The van der Waals surface area contributed by atoms with Gasteiger partial charge in [-0.3, -0.25) is 4.90 Å². The highest BCUT2D eigenvalue weighted by Gasteiger charge is 2.53. The smallest absolute Gasteiger partial charge is 0.320 e. The molecule has 7 heterocycles. The molecule has 3 saturated heterocycles. The van der Waals surface area contributed by atoms with Crippen LogP contribution in [0.2, 0.25) is 0 Å². The number of methoxy groups -OCH3 is 1. The SMILES string of the molecule is CCN(c1nc(OC)nc(N2CC3(C2)SCc2sc(N)c(C#N)c23)c1C#N)C(C)c1nsnc1N.FC1CC2CCCN2C1. The van der Waals surface area contributed by atoms with Gasteiger partial charge in [0.05, 0.1) is 35.2 Å². The molecule has 3 aromatic rings. The lowest BCUT2D eigenvalue weighted by Gasteiger charge is -2.48. The Morgan fingerprint density at radius 3 is 2.61 bits per heavy atom. The summed E-state index contributed by atoms with van der Waals surface area (Å²) in [5.74, 6) is 2.15. The van der Waals surface area contributed by atoms with Crippen molar-refractivity contribution in [3.8, 4) is 18.1 Å². The molecule has 7 rings (SSSR count). The van der Waals surface area contributed by atoms with Gasteiger partial charge in [0.1, 0.15) is 34.6 Å². The average molecular weight is 656 g/mol. The zero-order chi connectivity index (χ0) is 31.2. The van der Waals surface area contributed by atoms with Crippen LogP contribution >= 0.6 is 34.8 Å². The predicted octanol–water partition coefficient (Wildman–Crippen LogP) is 4.05. The number of nitrogen functional groups attached to an aromatic ring is 2. The standard InChI is InChI=1S/C21H22N10OS3.C7H12FN/c1-4-31(10(2)15-16(24)29-35-28-15)19-12(6-23)18(26-20(27-19)32-3)30-8-21(9-30)14-11(5-22)17(25)34-13(14)7-33-21;8-6-4-7-2-1-3-9(7)5-6/h10H,4,7-9,25H2,1-3H3,(H2,24,29);6-7H,1-5H2. The maximum Gasteiger partial charge on any atom is 0.320 e. The summed E-state index contributed by atoms with van der Waals surface area (Å²) in [4.78, 5) is 16.5. The Labute approximate surface area is 268 Å². The highest BCUT2D eigenvalue weighted by Crippen LogP contribution is 2.58. The van der Waals surface area contributed by atoms with Crippen molar-refractivity contribution in [1.82, 2.24) is 23.6 Å². The summed E-state index contributed by atoms with van der Waals surface area (Å²) in [6.45, 7) is 7.54. The normalized spacial score (nSPS) is 21.9. The Morgan fingerprint density at radius 1 is 1.20 bits per heavy atom. The largest absolute Gasteiger partial charge is 0.467 e. The molecule has 12 nitrogen and oxygen atoms in total. The number of thiophene rings is 1. The van der Waals surface area contributed by atoms with E-state index in [0.717, 1.165) is 40.9 Å². The van der Waals surface area contributed by atoms with Crippen LogP contribution in [0.5, 0.6) is 6.01 Å². The molecule has 0 saturated carbocycles. The van der Waals surface area contributed by atoms with Gasteiger partial charge in [-0.2, -0.15) is 29.2 Å². The minimum absolute atomic E-state index is 0.169. The number of hydrogen-bond acceptors (Lipinski definition) is 15. The minimum Gasteiger partial charge on any atom is -0.467 e. The second kappa shape index (κ2) is 12.2. The Balaban J connectivity index is 0.000000323. The second-order valence-corrected chi connectivity index (χ2v) is 14.4. The van der Waals surface area contributed by atoms with Crippen LogP contribution in [0.3, 0.4) is 0 Å². The summed E-state index contributed by atoms with van der Waals surface area (Å²) in [6.07, 6.45) is 2.81. The average Bonchev–Trinajstić information content (AvgIpc) is 3.80. The molecular weight excluding hydrogens is 622 g/mol. The van der Waals surface area contributed by atoms with Crippen molar-refractivity contribution in [2.45, 2.75) is 61.9 Å². The molecule has 4 aliphatic rings. The zero-order valence-electron chi connectivity index (χ0n) is 24.8. The Bertz CT molecular complexity index is 1610. The number of alkyl halides is 1. The molecule has 44 heavy (non-hydrogen) atoms. The van der Waals surface area contributed by atoms with Crippen molar-refractivity contribution in [2.75, 3.05) is 61.1 Å². The number of ether oxygens (including phenoxy) is 1. The number of fused-ring (bicyclic) bond motifs is 3. The number of aromatic nitrogens is 4. The molecule has 3 aromatic heterocycles. The van der Waals surface area contributed by atoms with Crippen LogP contribution in [-0.2, 0) is 10.5 Å². The molecule has 0 aromatic carbocycles. The van der Waals surface area contributed by atoms with Gasteiger partial charge in [0, 0.05) is 48.4 Å². The molecule has 0 aliphatic carbocycles. The Hall–Kier alpha value is -3.44. The number of nitrogens with two attached hydrogens (primary N) is 2. The second-order valence-electron chi connectivity index (χ2n) is 11.4. The Morgan fingerprint density at radius 2 is 1.98 bits per heavy atom. The highest BCUT2D eigenvalue weighted by molar-refractivity contribution is 8.00. The molecule has 4 aliphatic heterocycles. The third kappa shape index (κ3) is 5.17. The van der Waals surface area contributed by atoms with Crippen LogP contribution in [0.4, 0.5) is 26.8 Å². The first kappa shape index (κ1) is 30.6. The topological polar surface area (TPSA) is 170 Å². The first-order valence-electron chi connectivity index (χ1n) is 14.5. The molecule has 3 unspecified atom stereocenters. The van der Waals surface area contributed by atoms with Crippen molar-refractivity contribution >= 4 is 57.3 Å². The van der Waals surface area contributed by atoms with Crippen molar-refractivity contribution in [3.63, 3.8) is 0 Å². The van der Waals surface area contributed by atoms with Gasteiger partial charge in [0.25, 0.3) is 0 Å². The third-order valence-electron chi connectivity index (χ3n) is 8.87. The van der Waals surface area contributed by atoms with Gasteiger partial charge in [0.15, 0.2) is 17.5 Å². The van der Waals surface area contributed by atoms with Crippen LogP contribution in [0, 0.1) is 22.7 Å². The van der Waals surface area contributed by atoms with Gasteiger partial charge in [-0.1, -0.05) is 0 Å². The summed E-state index contributed by atoms with van der Waals surface area (Å²) >= 11 is 4.36. The fourth-order valence-corrected chi connectivity index (χ4v) is 10.1. The van der Waals surface area contributed by atoms with Crippen LogP contribution in [0.1, 0.15) is 66.4 Å². The number of hydrogen-bond donors (Lipinski definition) is 2. The van der Waals surface area contributed by atoms with Gasteiger partial charge in [0.2, 0.25) is 0 Å². The predicted molar refractivity (Wildman–Crippen MR) is 172 cm³/mol. The van der Waals surface area contributed by atoms with E-state index < -0.39 is 6.17 Å². The lowest BCUT2D eigenvalue weighted by atomic mass is 9.88. The summed E-state index contributed by atoms with van der Waals surface area (Å²) in [5, 5.41) is 20.5. The molecule has 0 amide bonds. The van der Waals surface area contributed by atoms with E-state index in [4.69, 9.17) is 16.2 Å². The summed E-state index contributed by atoms with van der Waals surface area (Å²) < 4.78 is 26.2. The number of halogens is 1. The van der Waals surface area contributed by atoms with Crippen LogP contribution in [-0.4, -0.2) is 75.7 Å². The van der Waals surface area contributed by atoms with Crippen molar-refractivity contribution in [2.24, 2.45) is 0 Å². The van der Waals surface area contributed by atoms with Crippen molar-refractivity contribution in [3.05, 3.63) is 27.3 Å². The summed E-state index contributed by atoms with van der Waals surface area (Å²) in [5.41, 5.74) is 14.7. The number of thioether (sulfide) groups is 1. The maximum atomic E-state index is 12.6. The van der Waals surface area contributed by atoms with Gasteiger partial charge < -0.3 is 26.0 Å². The monoisotopic (exact) mass is 655 g/mol. The molecule has 232 valence electrons. The van der Waals surface area contributed by atoms with Crippen LogP contribution in [0.15, 0.2) is 0 Å². The Kier molecular flexibility index (Phi) is 8.45. The summed E-state index contributed by atoms with van der Waals surface area (Å²) in [6, 6.07) is 5.12. The summed E-state index contributed by atoms with van der Waals surface area (Å²) in [7, 11) is 1.50. The number of anilines is 4. The maximum absolute atomic E-state index is 12.6. The molecule has 3 atom stereocenters. The molecule has 3 fully saturated rings. The van der Waals surface area contributed by atoms with Crippen molar-refractivity contribution < 1.29 is 9.13 Å². The zero-order valence-corrected chi connectivity index (χ0v) is 27.2. The molecule has 16 heteroatoms. The molecule has 0 radical (unpaired) electrons. The minimum atomic E-state index is -0.518. The van der Waals surface area contributed by atoms with Gasteiger partial charge in [-0.15, -0.1) is 23.1 Å². The lowest BCUT2D eigenvalue weighted by molar-refractivity contribution is 0.292. The van der Waals surface area contributed by atoms with Gasteiger partial charge in [-0.25, -0.2) is 4.39 Å². The van der Waals surface area contributed by atoms with E-state index in [9.17, 15) is 14.9 Å². The van der Waals surface area contributed by atoms with E-state index in [1.807, 2.05) is 35.4 Å². The number of nitrogens with zero attached hydrogens (tertiary/aromatic N) is 9. The molecule has 1 spiro atoms. The lowest BCUT2D eigenvalue weighted by Crippen LogP contribution is -2.57.